The van der Waals surface area contributed by atoms with Crippen molar-refractivity contribution in [3.8, 4) is 0 Å². The lowest BCUT2D eigenvalue weighted by molar-refractivity contribution is 0.0617. The van der Waals surface area contributed by atoms with Crippen LogP contribution in [0.25, 0.3) is 0 Å². The van der Waals surface area contributed by atoms with E-state index in [4.69, 9.17) is 34.8 Å². The molecule has 8 heteroatoms. The molecule has 2 aromatic carbocycles. The van der Waals surface area contributed by atoms with Crippen LogP contribution in [-0.2, 0) is 4.84 Å². The van der Waals surface area contributed by atoms with Gasteiger partial charge in [0.15, 0.2) is 0 Å². The molecule has 150 valence electrons. The quantitative estimate of drug-likeness (QED) is 0.380. The van der Waals surface area contributed by atoms with Crippen LogP contribution in [0.2, 0.25) is 15.1 Å². The summed E-state index contributed by atoms with van der Waals surface area (Å²) in [6.07, 6.45) is 0. The smallest absolute Gasteiger partial charge is 0.255 e. The Morgan fingerprint density at radius 1 is 1.18 bits per heavy atom. The number of benzene rings is 2. The minimum atomic E-state index is -1.07. The standard InChI is InChI=1S/C20H20Cl3FN2O2/c1-12-6-15(8-16(21)7-12)20(27)26(3)10-19(25-28-11-24)13(2)14-4-5-17(22)18(23)9-14/h4-9,13H,10-11H2,1-3H3/b25-19-. The van der Waals surface area contributed by atoms with Crippen LogP contribution in [0.15, 0.2) is 41.6 Å². The lowest BCUT2D eigenvalue weighted by atomic mass is 9.95. The lowest BCUT2D eigenvalue weighted by Crippen LogP contribution is -2.34. The van der Waals surface area contributed by atoms with E-state index < -0.39 is 6.86 Å². The number of carbonyl (C=O) groups excluding carboxylic acids is 1. The van der Waals surface area contributed by atoms with Gasteiger partial charge >= 0.3 is 0 Å². The van der Waals surface area contributed by atoms with Crippen molar-refractivity contribution in [3.63, 3.8) is 0 Å². The number of halogens is 4. The van der Waals surface area contributed by atoms with Gasteiger partial charge in [0, 0.05) is 23.6 Å². The van der Waals surface area contributed by atoms with E-state index in [9.17, 15) is 9.18 Å². The Kier molecular flexibility index (Phi) is 8.10. The maximum absolute atomic E-state index is 12.8. The molecule has 0 saturated heterocycles. The average molecular weight is 446 g/mol. The predicted molar refractivity (Wildman–Crippen MR) is 113 cm³/mol. The molecule has 0 aliphatic carbocycles. The van der Waals surface area contributed by atoms with Gasteiger partial charge in [-0.2, -0.15) is 0 Å². The van der Waals surface area contributed by atoms with Crippen molar-refractivity contribution in [2.45, 2.75) is 19.8 Å². The summed E-state index contributed by atoms with van der Waals surface area (Å²) < 4.78 is 12.5. The molecule has 1 atom stereocenters. The molecule has 0 radical (unpaired) electrons. The Bertz CT molecular complexity index is 869. The summed E-state index contributed by atoms with van der Waals surface area (Å²) in [6.45, 7) is 2.79. The van der Waals surface area contributed by atoms with Gasteiger partial charge in [-0.25, -0.2) is 4.39 Å². The number of amides is 1. The SMILES string of the molecule is Cc1cc(Cl)cc(C(=O)N(C)C/C(=N/OCF)C(C)c2ccc(Cl)c(Cl)c2)c1. The fourth-order valence-corrected chi connectivity index (χ4v) is 3.32. The molecule has 28 heavy (non-hydrogen) atoms. The molecular formula is C20H20Cl3FN2O2. The van der Waals surface area contributed by atoms with E-state index in [1.165, 1.54) is 4.90 Å². The third kappa shape index (κ3) is 5.84. The maximum Gasteiger partial charge on any atom is 0.255 e. The first-order chi connectivity index (χ1) is 13.2. The molecule has 0 bridgehead atoms. The molecule has 0 fully saturated rings. The van der Waals surface area contributed by atoms with Crippen LogP contribution < -0.4 is 0 Å². The highest BCUT2D eigenvalue weighted by Gasteiger charge is 2.21. The van der Waals surface area contributed by atoms with Crippen LogP contribution >= 0.6 is 34.8 Å². The molecule has 0 aliphatic heterocycles. The van der Waals surface area contributed by atoms with E-state index in [0.717, 1.165) is 11.1 Å². The lowest BCUT2D eigenvalue weighted by Gasteiger charge is -2.22. The van der Waals surface area contributed by atoms with E-state index in [1.54, 1.807) is 43.4 Å². The van der Waals surface area contributed by atoms with Crippen LogP contribution in [0.4, 0.5) is 4.39 Å². The topological polar surface area (TPSA) is 41.9 Å². The highest BCUT2D eigenvalue weighted by atomic mass is 35.5. The van der Waals surface area contributed by atoms with E-state index in [-0.39, 0.29) is 18.4 Å². The van der Waals surface area contributed by atoms with Gasteiger partial charge in [-0.3, -0.25) is 4.79 Å². The zero-order valence-corrected chi connectivity index (χ0v) is 17.9. The van der Waals surface area contributed by atoms with Crippen LogP contribution in [0.3, 0.4) is 0 Å². The summed E-state index contributed by atoms with van der Waals surface area (Å²) in [4.78, 5) is 18.9. The van der Waals surface area contributed by atoms with E-state index >= 15 is 0 Å². The number of hydrogen-bond donors (Lipinski definition) is 0. The number of oxime groups is 1. The van der Waals surface area contributed by atoms with Crippen LogP contribution in [0, 0.1) is 6.92 Å². The second-order valence-corrected chi connectivity index (χ2v) is 7.65. The summed E-state index contributed by atoms with van der Waals surface area (Å²) in [6, 6.07) is 10.3. The largest absolute Gasteiger partial charge is 0.362 e. The van der Waals surface area contributed by atoms with Crippen molar-refractivity contribution in [2.24, 2.45) is 5.16 Å². The van der Waals surface area contributed by atoms with Crippen LogP contribution in [0.5, 0.6) is 0 Å². The number of rotatable bonds is 7. The van der Waals surface area contributed by atoms with Gasteiger partial charge in [0.1, 0.15) is 0 Å². The van der Waals surface area contributed by atoms with Gasteiger partial charge in [-0.15, -0.1) is 0 Å². The third-order valence-corrected chi connectivity index (χ3v) is 5.17. The molecule has 2 rings (SSSR count). The van der Waals surface area contributed by atoms with E-state index in [0.29, 0.717) is 26.3 Å². The van der Waals surface area contributed by atoms with E-state index in [1.807, 2.05) is 13.8 Å². The molecule has 0 spiro atoms. The maximum atomic E-state index is 12.8. The summed E-state index contributed by atoms with van der Waals surface area (Å²) in [7, 11) is 1.63. The molecule has 2 aromatic rings. The fraction of sp³-hybridized carbons (Fsp3) is 0.300. The van der Waals surface area contributed by atoms with Crippen molar-refractivity contribution in [1.82, 2.24) is 4.90 Å². The first kappa shape index (κ1) is 22.5. The zero-order chi connectivity index (χ0) is 20.8. The molecule has 1 amide bonds. The normalized spacial score (nSPS) is 12.6. The molecule has 0 N–H and O–H groups in total. The predicted octanol–water partition coefficient (Wildman–Crippen LogP) is 6.13. The Hall–Kier alpha value is -1.82. The van der Waals surface area contributed by atoms with Gasteiger partial charge in [-0.05, 0) is 48.4 Å². The summed E-state index contributed by atoms with van der Waals surface area (Å²) in [5.74, 6) is -0.516. The van der Waals surface area contributed by atoms with Crippen LogP contribution in [-0.4, -0.2) is 37.0 Å². The monoisotopic (exact) mass is 444 g/mol. The molecule has 0 saturated carbocycles. The highest BCUT2D eigenvalue weighted by molar-refractivity contribution is 6.42. The van der Waals surface area contributed by atoms with Crippen molar-refractivity contribution < 1.29 is 14.0 Å². The molecule has 1 unspecified atom stereocenters. The van der Waals surface area contributed by atoms with Crippen molar-refractivity contribution in [2.75, 3.05) is 20.5 Å². The van der Waals surface area contributed by atoms with Crippen LogP contribution in [0.1, 0.15) is 34.3 Å². The van der Waals surface area contributed by atoms with Crippen molar-refractivity contribution in [1.29, 1.82) is 0 Å². The Balaban J connectivity index is 2.25. The number of hydrogen-bond acceptors (Lipinski definition) is 3. The number of alkyl halides is 1. The minimum absolute atomic E-state index is 0.131. The third-order valence-electron chi connectivity index (χ3n) is 4.21. The van der Waals surface area contributed by atoms with Gasteiger partial charge in [0.05, 0.1) is 22.3 Å². The van der Waals surface area contributed by atoms with E-state index in [2.05, 4.69) is 9.99 Å². The van der Waals surface area contributed by atoms with Crippen molar-refractivity contribution >= 4 is 46.4 Å². The second kappa shape index (κ2) is 10.1. The molecule has 4 nitrogen and oxygen atoms in total. The molecule has 0 aromatic heterocycles. The first-order valence-electron chi connectivity index (χ1n) is 8.45. The summed E-state index contributed by atoms with van der Waals surface area (Å²) >= 11 is 18.1. The minimum Gasteiger partial charge on any atom is -0.362 e. The first-order valence-corrected chi connectivity index (χ1v) is 9.58. The highest BCUT2D eigenvalue weighted by Crippen LogP contribution is 2.27. The van der Waals surface area contributed by atoms with Gasteiger partial charge in [-0.1, -0.05) is 52.9 Å². The number of aryl methyl sites for hydroxylation is 1. The van der Waals surface area contributed by atoms with Gasteiger partial charge < -0.3 is 9.74 Å². The van der Waals surface area contributed by atoms with Crippen molar-refractivity contribution in [3.05, 3.63) is 68.2 Å². The average Bonchev–Trinajstić information content (AvgIpc) is 2.65. The van der Waals surface area contributed by atoms with Gasteiger partial charge in [0.2, 0.25) is 0 Å². The zero-order valence-electron chi connectivity index (χ0n) is 15.7. The molecule has 0 aliphatic rings. The summed E-state index contributed by atoms with van der Waals surface area (Å²) in [5, 5.41) is 5.18. The Labute approximate surface area is 178 Å². The molecular weight excluding hydrogens is 426 g/mol. The number of carbonyl (C=O) groups is 1. The summed E-state index contributed by atoms with van der Waals surface area (Å²) in [5.41, 5.74) is 2.62. The molecule has 0 heterocycles. The second-order valence-electron chi connectivity index (χ2n) is 6.39. The van der Waals surface area contributed by atoms with Gasteiger partial charge in [0.25, 0.3) is 12.8 Å². The Morgan fingerprint density at radius 3 is 2.50 bits per heavy atom. The Morgan fingerprint density at radius 2 is 1.89 bits per heavy atom. The number of nitrogens with zero attached hydrogens (tertiary/aromatic N) is 2. The fourth-order valence-electron chi connectivity index (χ4n) is 2.72.